The van der Waals surface area contributed by atoms with E-state index in [1.54, 1.807) is 0 Å². The van der Waals surface area contributed by atoms with Gasteiger partial charge in [0.25, 0.3) is 5.91 Å². The van der Waals surface area contributed by atoms with Crippen molar-refractivity contribution in [2.24, 2.45) is 0 Å². The average molecular weight is 256 g/mol. The van der Waals surface area contributed by atoms with Crippen LogP contribution < -0.4 is 11.1 Å². The fourth-order valence-corrected chi connectivity index (χ4v) is 1.60. The number of amides is 1. The molecule has 0 aromatic heterocycles. The van der Waals surface area contributed by atoms with Gasteiger partial charge < -0.3 is 11.1 Å². The first-order valence-corrected chi connectivity index (χ1v) is 6.01. The van der Waals surface area contributed by atoms with Crippen molar-refractivity contribution in [2.45, 2.75) is 39.2 Å². The van der Waals surface area contributed by atoms with Crippen LogP contribution in [0.5, 0.6) is 0 Å². The zero-order valence-corrected chi connectivity index (χ0v) is 10.6. The molecule has 1 unspecified atom stereocenters. The number of rotatable bonds is 5. The summed E-state index contributed by atoms with van der Waals surface area (Å²) in [5.74, 6) is -2.32. The Hall–Kier alpha value is -1.65. The highest BCUT2D eigenvalue weighted by Crippen LogP contribution is 2.17. The monoisotopic (exact) mass is 256 g/mol. The molecule has 0 aliphatic carbocycles. The maximum atomic E-state index is 13.2. The number of nitrogen functional groups attached to an aromatic ring is 1. The van der Waals surface area contributed by atoms with Gasteiger partial charge in [-0.15, -0.1) is 0 Å². The summed E-state index contributed by atoms with van der Waals surface area (Å²) in [6.07, 6.45) is 2.86. The van der Waals surface area contributed by atoms with Gasteiger partial charge in [0.05, 0.1) is 0 Å². The van der Waals surface area contributed by atoms with E-state index in [0.29, 0.717) is 0 Å². The zero-order valence-electron chi connectivity index (χ0n) is 10.6. The predicted molar refractivity (Wildman–Crippen MR) is 67.2 cm³/mol. The fraction of sp³-hybridized carbons (Fsp3) is 0.462. The number of hydrogen-bond donors (Lipinski definition) is 2. The molecule has 100 valence electrons. The Morgan fingerprint density at radius 2 is 1.94 bits per heavy atom. The maximum absolute atomic E-state index is 13.2. The fourth-order valence-electron chi connectivity index (χ4n) is 1.60. The van der Waals surface area contributed by atoms with Crippen LogP contribution in [0.4, 0.5) is 14.5 Å². The van der Waals surface area contributed by atoms with Crippen LogP contribution >= 0.6 is 0 Å². The van der Waals surface area contributed by atoms with Gasteiger partial charge in [-0.3, -0.25) is 4.79 Å². The first-order valence-electron chi connectivity index (χ1n) is 6.01. The standard InChI is InChI=1S/C13H18F2N2O/c1-3-4-5-8(2)17-13(18)9-6-10(14)12(16)11(15)7-9/h6-8H,3-5,16H2,1-2H3,(H,17,18). The maximum Gasteiger partial charge on any atom is 0.251 e. The molecule has 0 aliphatic rings. The van der Waals surface area contributed by atoms with Crippen molar-refractivity contribution >= 4 is 11.6 Å². The van der Waals surface area contributed by atoms with Gasteiger partial charge in [0.1, 0.15) is 17.3 Å². The molecule has 1 aromatic carbocycles. The van der Waals surface area contributed by atoms with E-state index in [1.165, 1.54) is 0 Å². The normalized spacial score (nSPS) is 12.2. The molecule has 1 atom stereocenters. The number of nitrogens with two attached hydrogens (primary N) is 1. The Morgan fingerprint density at radius 3 is 2.44 bits per heavy atom. The third-order valence-electron chi connectivity index (χ3n) is 2.71. The van der Waals surface area contributed by atoms with Gasteiger partial charge >= 0.3 is 0 Å². The minimum Gasteiger partial charge on any atom is -0.394 e. The third kappa shape index (κ3) is 3.68. The van der Waals surface area contributed by atoms with Gasteiger partial charge in [0.2, 0.25) is 0 Å². The molecular formula is C13H18F2N2O. The third-order valence-corrected chi connectivity index (χ3v) is 2.71. The van der Waals surface area contributed by atoms with Crippen molar-refractivity contribution in [3.05, 3.63) is 29.3 Å². The number of anilines is 1. The smallest absolute Gasteiger partial charge is 0.251 e. The second-order valence-corrected chi connectivity index (χ2v) is 4.37. The lowest BCUT2D eigenvalue weighted by Gasteiger charge is -2.13. The minimum atomic E-state index is -0.915. The number of carbonyl (C=O) groups is 1. The number of halogens is 2. The lowest BCUT2D eigenvalue weighted by molar-refractivity contribution is 0.0937. The molecular weight excluding hydrogens is 238 g/mol. The van der Waals surface area contributed by atoms with Crippen molar-refractivity contribution < 1.29 is 13.6 Å². The summed E-state index contributed by atoms with van der Waals surface area (Å²) in [5.41, 5.74) is 4.52. The summed E-state index contributed by atoms with van der Waals surface area (Å²) in [6, 6.07) is 1.86. The van der Waals surface area contributed by atoms with Crippen LogP contribution in [0.2, 0.25) is 0 Å². The Bertz CT molecular complexity index is 412. The molecule has 1 amide bonds. The largest absolute Gasteiger partial charge is 0.394 e. The van der Waals surface area contributed by atoms with E-state index in [4.69, 9.17) is 5.73 Å². The Labute approximate surface area is 105 Å². The lowest BCUT2D eigenvalue weighted by atomic mass is 10.1. The SMILES string of the molecule is CCCCC(C)NC(=O)c1cc(F)c(N)c(F)c1. The first-order chi connectivity index (χ1) is 8.45. The molecule has 0 fully saturated rings. The van der Waals surface area contributed by atoms with E-state index in [-0.39, 0.29) is 11.6 Å². The molecule has 1 aromatic rings. The van der Waals surface area contributed by atoms with E-state index >= 15 is 0 Å². The van der Waals surface area contributed by atoms with Crippen molar-refractivity contribution in [3.63, 3.8) is 0 Å². The van der Waals surface area contributed by atoms with Crippen LogP contribution in [0.3, 0.4) is 0 Å². The topological polar surface area (TPSA) is 55.1 Å². The van der Waals surface area contributed by atoms with Crippen molar-refractivity contribution in [3.8, 4) is 0 Å². The van der Waals surface area contributed by atoms with Crippen molar-refractivity contribution in [1.29, 1.82) is 0 Å². The van der Waals surface area contributed by atoms with Crippen molar-refractivity contribution in [2.75, 3.05) is 5.73 Å². The molecule has 0 spiro atoms. The molecule has 0 heterocycles. The van der Waals surface area contributed by atoms with Crippen LogP contribution in [0.25, 0.3) is 0 Å². The van der Waals surface area contributed by atoms with Crippen LogP contribution in [0.1, 0.15) is 43.5 Å². The van der Waals surface area contributed by atoms with Crippen molar-refractivity contribution in [1.82, 2.24) is 5.32 Å². The van der Waals surface area contributed by atoms with Crippen LogP contribution in [0.15, 0.2) is 12.1 Å². The highest BCUT2D eigenvalue weighted by atomic mass is 19.1. The number of unbranched alkanes of at least 4 members (excludes halogenated alkanes) is 1. The number of carbonyl (C=O) groups excluding carboxylic acids is 1. The lowest BCUT2D eigenvalue weighted by Crippen LogP contribution is -2.32. The van der Waals surface area contributed by atoms with E-state index < -0.39 is 23.2 Å². The van der Waals surface area contributed by atoms with Gasteiger partial charge in [-0.25, -0.2) is 8.78 Å². The summed E-state index contributed by atoms with van der Waals surface area (Å²) in [7, 11) is 0. The Balaban J connectivity index is 2.73. The summed E-state index contributed by atoms with van der Waals surface area (Å²) in [6.45, 7) is 3.91. The van der Waals surface area contributed by atoms with Crippen LogP contribution in [-0.4, -0.2) is 11.9 Å². The molecule has 0 saturated carbocycles. The van der Waals surface area contributed by atoms with E-state index in [0.717, 1.165) is 31.4 Å². The zero-order chi connectivity index (χ0) is 13.7. The second-order valence-electron chi connectivity index (χ2n) is 4.37. The van der Waals surface area contributed by atoms with Gasteiger partial charge in [0.15, 0.2) is 0 Å². The van der Waals surface area contributed by atoms with Gasteiger partial charge in [0, 0.05) is 11.6 Å². The molecule has 18 heavy (non-hydrogen) atoms. The predicted octanol–water partition coefficient (Wildman–Crippen LogP) is 2.86. The highest BCUT2D eigenvalue weighted by molar-refractivity contribution is 5.94. The quantitative estimate of drug-likeness (QED) is 0.796. The van der Waals surface area contributed by atoms with E-state index in [2.05, 4.69) is 12.2 Å². The average Bonchev–Trinajstić information content (AvgIpc) is 2.32. The highest BCUT2D eigenvalue weighted by Gasteiger charge is 2.14. The molecule has 3 nitrogen and oxygen atoms in total. The molecule has 1 rings (SSSR count). The molecule has 0 saturated heterocycles. The minimum absolute atomic E-state index is 0.0267. The molecule has 0 bridgehead atoms. The Morgan fingerprint density at radius 1 is 1.39 bits per heavy atom. The summed E-state index contributed by atoms with van der Waals surface area (Å²) < 4.78 is 26.4. The van der Waals surface area contributed by atoms with Gasteiger partial charge in [-0.2, -0.15) is 0 Å². The summed E-state index contributed by atoms with van der Waals surface area (Å²) in [5, 5.41) is 2.69. The van der Waals surface area contributed by atoms with E-state index in [1.807, 2.05) is 6.92 Å². The number of nitrogens with one attached hydrogen (secondary N) is 1. The number of benzene rings is 1. The molecule has 0 aliphatic heterocycles. The molecule has 5 heteroatoms. The van der Waals surface area contributed by atoms with Gasteiger partial charge in [-0.05, 0) is 25.5 Å². The van der Waals surface area contributed by atoms with Crippen LogP contribution in [-0.2, 0) is 0 Å². The Kier molecular flexibility index (Phi) is 5.07. The van der Waals surface area contributed by atoms with Crippen LogP contribution in [0, 0.1) is 11.6 Å². The molecule has 3 N–H and O–H groups in total. The second kappa shape index (κ2) is 6.33. The van der Waals surface area contributed by atoms with E-state index in [9.17, 15) is 13.6 Å². The summed E-state index contributed by atoms with van der Waals surface area (Å²) in [4.78, 5) is 11.7. The summed E-state index contributed by atoms with van der Waals surface area (Å²) >= 11 is 0. The first kappa shape index (κ1) is 14.4. The number of hydrogen-bond acceptors (Lipinski definition) is 2. The van der Waals surface area contributed by atoms with Gasteiger partial charge in [-0.1, -0.05) is 19.8 Å². The molecule has 0 radical (unpaired) electrons.